The lowest BCUT2D eigenvalue weighted by Crippen LogP contribution is -2.08. The molecule has 0 spiro atoms. The zero-order valence-electron chi connectivity index (χ0n) is 20.9. The standard InChI is InChI=1S/C31H30O6/c1-3-30(32)36-23-7-5-4-6-22-35-28-20-14-26(15-21-28)31(33)37-29-18-12-25(13-19-29)9-8-24-10-16-27(34-2)17-11-24/h3,10-21H,1,4-7,22-23H2,2H3. The normalized spacial score (nSPS) is 9.97. The number of carbonyl (C=O) groups excluding carboxylic acids is 2. The van der Waals surface area contributed by atoms with Crippen molar-refractivity contribution in [1.82, 2.24) is 0 Å². The maximum atomic E-state index is 12.5. The Morgan fingerprint density at radius 3 is 1.84 bits per heavy atom. The Morgan fingerprint density at radius 1 is 0.730 bits per heavy atom. The van der Waals surface area contributed by atoms with Crippen molar-refractivity contribution in [2.45, 2.75) is 25.7 Å². The highest BCUT2D eigenvalue weighted by molar-refractivity contribution is 5.91. The summed E-state index contributed by atoms with van der Waals surface area (Å²) >= 11 is 0. The Kier molecular flexibility index (Phi) is 10.8. The molecule has 0 atom stereocenters. The van der Waals surface area contributed by atoms with Crippen LogP contribution in [0.15, 0.2) is 85.5 Å². The fraction of sp³-hybridized carbons (Fsp3) is 0.226. The number of benzene rings is 3. The molecule has 3 aromatic rings. The van der Waals surface area contributed by atoms with Crippen LogP contribution in [0, 0.1) is 11.8 Å². The zero-order chi connectivity index (χ0) is 26.3. The fourth-order valence-electron chi connectivity index (χ4n) is 3.26. The summed E-state index contributed by atoms with van der Waals surface area (Å²) in [6, 6.07) is 21.4. The Labute approximate surface area is 217 Å². The Bertz CT molecular complexity index is 1220. The van der Waals surface area contributed by atoms with Gasteiger partial charge in [-0.3, -0.25) is 0 Å². The van der Waals surface area contributed by atoms with E-state index in [0.717, 1.165) is 48.6 Å². The first kappa shape index (κ1) is 27.1. The van der Waals surface area contributed by atoms with Gasteiger partial charge in [-0.1, -0.05) is 18.4 Å². The lowest BCUT2D eigenvalue weighted by Gasteiger charge is -2.08. The second kappa shape index (κ2) is 14.8. The number of carbonyl (C=O) groups is 2. The monoisotopic (exact) mass is 498 g/mol. The van der Waals surface area contributed by atoms with Gasteiger partial charge in [0.05, 0.1) is 25.9 Å². The second-order valence-electron chi connectivity index (χ2n) is 8.05. The summed E-state index contributed by atoms with van der Waals surface area (Å²) in [5.41, 5.74) is 2.13. The molecule has 0 heterocycles. The third kappa shape index (κ3) is 9.58. The van der Waals surface area contributed by atoms with Gasteiger partial charge in [0.15, 0.2) is 0 Å². The van der Waals surface area contributed by atoms with E-state index in [1.807, 2.05) is 36.4 Å². The van der Waals surface area contributed by atoms with Crippen molar-refractivity contribution in [3.05, 3.63) is 102 Å². The number of ether oxygens (including phenoxy) is 4. The minimum atomic E-state index is -0.444. The molecule has 0 aliphatic heterocycles. The predicted octanol–water partition coefficient (Wildman–Crippen LogP) is 5.98. The smallest absolute Gasteiger partial charge is 0.343 e. The lowest BCUT2D eigenvalue weighted by atomic mass is 10.1. The molecule has 0 aliphatic carbocycles. The van der Waals surface area contributed by atoms with Crippen molar-refractivity contribution in [2.75, 3.05) is 20.3 Å². The first-order valence-electron chi connectivity index (χ1n) is 12.1. The van der Waals surface area contributed by atoms with Crippen LogP contribution < -0.4 is 14.2 Å². The minimum absolute atomic E-state index is 0.389. The summed E-state index contributed by atoms with van der Waals surface area (Å²) < 4.78 is 21.3. The Hall–Kier alpha value is -4.50. The van der Waals surface area contributed by atoms with Gasteiger partial charge in [0.25, 0.3) is 0 Å². The molecule has 0 amide bonds. The molecule has 0 N–H and O–H groups in total. The third-order valence-corrected chi connectivity index (χ3v) is 5.31. The average Bonchev–Trinajstić information content (AvgIpc) is 2.94. The first-order chi connectivity index (χ1) is 18.1. The average molecular weight is 499 g/mol. The van der Waals surface area contributed by atoms with Gasteiger partial charge in [0, 0.05) is 17.2 Å². The second-order valence-corrected chi connectivity index (χ2v) is 8.05. The van der Waals surface area contributed by atoms with E-state index in [9.17, 15) is 9.59 Å². The van der Waals surface area contributed by atoms with Gasteiger partial charge in [0.2, 0.25) is 0 Å². The molecule has 190 valence electrons. The highest BCUT2D eigenvalue weighted by Gasteiger charge is 2.09. The van der Waals surface area contributed by atoms with E-state index >= 15 is 0 Å². The van der Waals surface area contributed by atoms with Crippen molar-refractivity contribution in [3.63, 3.8) is 0 Å². The Balaban J connectivity index is 1.39. The van der Waals surface area contributed by atoms with E-state index in [-0.39, 0.29) is 5.97 Å². The molecule has 6 nitrogen and oxygen atoms in total. The minimum Gasteiger partial charge on any atom is -0.497 e. The zero-order valence-corrected chi connectivity index (χ0v) is 20.9. The molecule has 0 radical (unpaired) electrons. The van der Waals surface area contributed by atoms with E-state index in [1.54, 1.807) is 43.5 Å². The van der Waals surface area contributed by atoms with Gasteiger partial charge in [-0.2, -0.15) is 0 Å². The number of hydrogen-bond donors (Lipinski definition) is 0. The van der Waals surface area contributed by atoms with Crippen LogP contribution >= 0.6 is 0 Å². The van der Waals surface area contributed by atoms with Crippen LogP contribution in [-0.2, 0) is 9.53 Å². The molecule has 0 unspecified atom stereocenters. The maximum absolute atomic E-state index is 12.5. The summed E-state index contributed by atoms with van der Waals surface area (Å²) in [6.07, 6.45) is 4.80. The third-order valence-electron chi connectivity index (χ3n) is 5.31. The number of esters is 2. The molecule has 0 aliphatic rings. The van der Waals surface area contributed by atoms with Crippen LogP contribution in [0.5, 0.6) is 17.2 Å². The van der Waals surface area contributed by atoms with Gasteiger partial charge in [-0.05, 0) is 98.5 Å². The van der Waals surface area contributed by atoms with Crippen molar-refractivity contribution in [2.24, 2.45) is 0 Å². The van der Waals surface area contributed by atoms with Crippen LogP contribution in [0.3, 0.4) is 0 Å². The molecule has 0 bridgehead atoms. The largest absolute Gasteiger partial charge is 0.497 e. The fourth-order valence-corrected chi connectivity index (χ4v) is 3.26. The van der Waals surface area contributed by atoms with Gasteiger partial charge in [-0.15, -0.1) is 0 Å². The topological polar surface area (TPSA) is 71.1 Å². The highest BCUT2D eigenvalue weighted by Crippen LogP contribution is 2.17. The van der Waals surface area contributed by atoms with Crippen LogP contribution in [0.2, 0.25) is 0 Å². The first-order valence-corrected chi connectivity index (χ1v) is 12.1. The van der Waals surface area contributed by atoms with E-state index in [0.29, 0.717) is 30.3 Å². The summed E-state index contributed by atoms with van der Waals surface area (Å²) in [5, 5.41) is 0. The summed E-state index contributed by atoms with van der Waals surface area (Å²) in [6.45, 7) is 4.34. The van der Waals surface area contributed by atoms with E-state index < -0.39 is 5.97 Å². The molecule has 3 rings (SSSR count). The molecule has 0 saturated carbocycles. The predicted molar refractivity (Wildman–Crippen MR) is 142 cm³/mol. The van der Waals surface area contributed by atoms with Crippen molar-refractivity contribution < 1.29 is 28.5 Å². The molecule has 37 heavy (non-hydrogen) atoms. The number of unbranched alkanes of at least 4 members (excludes halogenated alkanes) is 3. The molecule has 0 fully saturated rings. The molecule has 6 heteroatoms. The van der Waals surface area contributed by atoms with Crippen molar-refractivity contribution in [3.8, 4) is 29.1 Å². The van der Waals surface area contributed by atoms with Crippen LogP contribution in [-0.4, -0.2) is 32.3 Å². The quantitative estimate of drug-likeness (QED) is 0.101. The number of hydrogen-bond acceptors (Lipinski definition) is 6. The van der Waals surface area contributed by atoms with Crippen LogP contribution in [0.4, 0.5) is 0 Å². The molecule has 0 aromatic heterocycles. The SMILES string of the molecule is C=CC(=O)OCCCCCCOc1ccc(C(=O)Oc2ccc(C#Cc3ccc(OC)cc3)cc2)cc1. The highest BCUT2D eigenvalue weighted by atomic mass is 16.5. The summed E-state index contributed by atoms with van der Waals surface area (Å²) in [5.74, 6) is 7.27. The van der Waals surface area contributed by atoms with E-state index in [2.05, 4.69) is 18.4 Å². The number of methoxy groups -OCH3 is 1. The van der Waals surface area contributed by atoms with Crippen LogP contribution in [0.1, 0.15) is 47.2 Å². The van der Waals surface area contributed by atoms with Gasteiger partial charge in [-0.25, -0.2) is 9.59 Å². The van der Waals surface area contributed by atoms with Gasteiger partial charge < -0.3 is 18.9 Å². The molecular formula is C31H30O6. The van der Waals surface area contributed by atoms with Crippen molar-refractivity contribution >= 4 is 11.9 Å². The summed E-state index contributed by atoms with van der Waals surface area (Å²) in [4.78, 5) is 23.4. The van der Waals surface area contributed by atoms with Gasteiger partial charge in [0.1, 0.15) is 17.2 Å². The van der Waals surface area contributed by atoms with Gasteiger partial charge >= 0.3 is 11.9 Å². The van der Waals surface area contributed by atoms with Crippen molar-refractivity contribution in [1.29, 1.82) is 0 Å². The molecule has 3 aromatic carbocycles. The molecule has 0 saturated heterocycles. The van der Waals surface area contributed by atoms with Crippen LogP contribution in [0.25, 0.3) is 0 Å². The van der Waals surface area contributed by atoms with E-state index in [1.165, 1.54) is 0 Å². The Morgan fingerprint density at radius 2 is 1.27 bits per heavy atom. The molecular weight excluding hydrogens is 468 g/mol. The lowest BCUT2D eigenvalue weighted by molar-refractivity contribution is -0.137. The van der Waals surface area contributed by atoms with E-state index in [4.69, 9.17) is 18.9 Å². The maximum Gasteiger partial charge on any atom is 0.343 e. The summed E-state index contributed by atoms with van der Waals surface area (Å²) in [7, 11) is 1.63. The number of rotatable bonds is 12.